The van der Waals surface area contributed by atoms with Crippen LogP contribution in [0, 0.1) is 0 Å². The highest BCUT2D eigenvalue weighted by atomic mass is 35.5. The van der Waals surface area contributed by atoms with Crippen LogP contribution in [-0.2, 0) is 0 Å². The van der Waals surface area contributed by atoms with Crippen molar-refractivity contribution < 1.29 is 9.47 Å². The van der Waals surface area contributed by atoms with Gasteiger partial charge in [-0.3, -0.25) is 0 Å². The number of ether oxygens (including phenoxy) is 2. The number of hydrogen-bond donors (Lipinski definition) is 1. The maximum atomic E-state index is 6.06. The summed E-state index contributed by atoms with van der Waals surface area (Å²) >= 11 is 6.06. The summed E-state index contributed by atoms with van der Waals surface area (Å²) in [5, 5.41) is 0.550. The van der Waals surface area contributed by atoms with Crippen LogP contribution in [0.1, 0.15) is 13.8 Å². The molecule has 0 fully saturated rings. The van der Waals surface area contributed by atoms with Crippen LogP contribution in [0.2, 0.25) is 5.02 Å². The van der Waals surface area contributed by atoms with Gasteiger partial charge in [-0.2, -0.15) is 0 Å². The highest BCUT2D eigenvalue weighted by molar-refractivity contribution is 6.33. The zero-order valence-corrected chi connectivity index (χ0v) is 12.4. The van der Waals surface area contributed by atoms with Gasteiger partial charge in [0.25, 0.3) is 0 Å². The minimum Gasteiger partial charge on any atom is -0.490 e. The summed E-state index contributed by atoms with van der Waals surface area (Å²) in [6, 6.07) is 11.4. The molecule has 3 nitrogen and oxygen atoms in total. The first-order chi connectivity index (χ1) is 9.65. The molecule has 0 aliphatic heterocycles. The van der Waals surface area contributed by atoms with Gasteiger partial charge in [-0.25, -0.2) is 0 Å². The average Bonchev–Trinajstić information content (AvgIpc) is 2.44. The molecule has 0 amide bonds. The van der Waals surface area contributed by atoms with Gasteiger partial charge in [-0.1, -0.05) is 23.7 Å². The van der Waals surface area contributed by atoms with Gasteiger partial charge in [0.15, 0.2) is 11.5 Å². The molecule has 0 aliphatic carbocycles. The molecule has 106 valence electrons. The van der Waals surface area contributed by atoms with Gasteiger partial charge in [0, 0.05) is 0 Å². The Morgan fingerprint density at radius 2 is 1.50 bits per heavy atom. The molecule has 0 unspecified atom stereocenters. The Morgan fingerprint density at radius 1 is 0.900 bits per heavy atom. The Kier molecular flexibility index (Phi) is 4.74. The first-order valence-electron chi connectivity index (χ1n) is 6.60. The van der Waals surface area contributed by atoms with Crippen molar-refractivity contribution in [2.75, 3.05) is 18.9 Å². The summed E-state index contributed by atoms with van der Waals surface area (Å²) in [5.74, 6) is 1.49. The molecule has 2 aromatic rings. The van der Waals surface area contributed by atoms with Crippen molar-refractivity contribution in [1.29, 1.82) is 0 Å². The molecule has 4 heteroatoms. The summed E-state index contributed by atoms with van der Waals surface area (Å²) < 4.78 is 11.2. The van der Waals surface area contributed by atoms with Gasteiger partial charge >= 0.3 is 0 Å². The van der Waals surface area contributed by atoms with Gasteiger partial charge in [0.2, 0.25) is 0 Å². The van der Waals surface area contributed by atoms with Gasteiger partial charge in [0.1, 0.15) is 0 Å². The van der Waals surface area contributed by atoms with Crippen molar-refractivity contribution in [2.45, 2.75) is 13.8 Å². The predicted molar refractivity (Wildman–Crippen MR) is 83.6 cm³/mol. The molecule has 0 saturated carbocycles. The monoisotopic (exact) mass is 291 g/mol. The van der Waals surface area contributed by atoms with Crippen LogP contribution in [0.15, 0.2) is 36.4 Å². The van der Waals surface area contributed by atoms with Crippen LogP contribution >= 0.6 is 11.6 Å². The molecular formula is C16H18ClNO2. The largest absolute Gasteiger partial charge is 0.490 e. The van der Waals surface area contributed by atoms with Crippen molar-refractivity contribution >= 4 is 17.3 Å². The second kappa shape index (κ2) is 6.53. The molecule has 0 atom stereocenters. The molecule has 2 N–H and O–H groups in total. The van der Waals surface area contributed by atoms with E-state index in [-0.39, 0.29) is 0 Å². The number of hydrogen-bond acceptors (Lipinski definition) is 3. The Bertz CT molecular complexity index is 599. The fourth-order valence-electron chi connectivity index (χ4n) is 1.94. The second-order valence-electron chi connectivity index (χ2n) is 4.26. The highest BCUT2D eigenvalue weighted by Crippen LogP contribution is 2.34. The van der Waals surface area contributed by atoms with Crippen molar-refractivity contribution in [3.8, 4) is 22.6 Å². The van der Waals surface area contributed by atoms with Crippen molar-refractivity contribution in [3.63, 3.8) is 0 Å². The molecule has 20 heavy (non-hydrogen) atoms. The van der Waals surface area contributed by atoms with Crippen LogP contribution in [0.4, 0.5) is 5.69 Å². The normalized spacial score (nSPS) is 10.3. The first kappa shape index (κ1) is 14.5. The lowest BCUT2D eigenvalue weighted by atomic mass is 10.0. The van der Waals surface area contributed by atoms with Crippen molar-refractivity contribution in [2.24, 2.45) is 0 Å². The summed E-state index contributed by atoms with van der Waals surface area (Å²) in [7, 11) is 0. The molecule has 0 aliphatic rings. The summed E-state index contributed by atoms with van der Waals surface area (Å²) in [6.45, 7) is 5.09. The van der Waals surface area contributed by atoms with E-state index in [1.165, 1.54) is 0 Å². The number of anilines is 1. The summed E-state index contributed by atoms with van der Waals surface area (Å²) in [6.07, 6.45) is 0. The van der Waals surface area contributed by atoms with Crippen LogP contribution in [0.25, 0.3) is 11.1 Å². The zero-order valence-electron chi connectivity index (χ0n) is 11.7. The van der Waals surface area contributed by atoms with E-state index < -0.39 is 0 Å². The lowest BCUT2D eigenvalue weighted by Gasteiger charge is -2.13. The maximum Gasteiger partial charge on any atom is 0.161 e. The van der Waals surface area contributed by atoms with Crippen molar-refractivity contribution in [3.05, 3.63) is 41.4 Å². The van der Waals surface area contributed by atoms with Gasteiger partial charge in [0.05, 0.1) is 23.9 Å². The lowest BCUT2D eigenvalue weighted by molar-refractivity contribution is 0.288. The zero-order chi connectivity index (χ0) is 14.5. The van der Waals surface area contributed by atoms with E-state index in [9.17, 15) is 0 Å². The van der Waals surface area contributed by atoms with Crippen LogP contribution < -0.4 is 15.2 Å². The SMILES string of the molecule is CCOc1ccc(-c2ccc(N)c(Cl)c2)cc1OCC. The lowest BCUT2D eigenvalue weighted by Crippen LogP contribution is -1.98. The summed E-state index contributed by atoms with van der Waals surface area (Å²) in [4.78, 5) is 0. The van der Waals surface area contributed by atoms with E-state index in [2.05, 4.69) is 0 Å². The Morgan fingerprint density at radius 3 is 2.15 bits per heavy atom. The van der Waals surface area contributed by atoms with E-state index in [1.54, 1.807) is 6.07 Å². The quantitative estimate of drug-likeness (QED) is 0.831. The molecule has 2 aromatic carbocycles. The fourth-order valence-corrected chi connectivity index (χ4v) is 2.12. The summed E-state index contributed by atoms with van der Waals surface area (Å²) in [5.41, 5.74) is 8.31. The molecule has 2 rings (SSSR count). The Balaban J connectivity index is 2.41. The third-order valence-electron chi connectivity index (χ3n) is 2.88. The topological polar surface area (TPSA) is 44.5 Å². The molecule has 0 saturated heterocycles. The van der Waals surface area contributed by atoms with Gasteiger partial charge in [-0.15, -0.1) is 0 Å². The molecule has 0 bridgehead atoms. The van der Waals surface area contributed by atoms with E-state index >= 15 is 0 Å². The standard InChI is InChI=1S/C16H18ClNO2/c1-3-19-15-8-6-12(10-16(15)20-4-2)11-5-7-14(18)13(17)9-11/h5-10H,3-4,18H2,1-2H3. The fraction of sp³-hybridized carbons (Fsp3) is 0.250. The minimum absolute atomic E-state index is 0.550. The highest BCUT2D eigenvalue weighted by Gasteiger charge is 2.08. The maximum absolute atomic E-state index is 6.06. The molecule has 0 aromatic heterocycles. The van der Waals surface area contributed by atoms with E-state index in [4.69, 9.17) is 26.8 Å². The minimum atomic E-state index is 0.550. The average molecular weight is 292 g/mol. The number of nitrogen functional groups attached to an aromatic ring is 1. The second-order valence-corrected chi connectivity index (χ2v) is 4.67. The van der Waals surface area contributed by atoms with E-state index in [1.807, 2.05) is 44.2 Å². The predicted octanol–water partition coefficient (Wildman–Crippen LogP) is 4.39. The molecule has 0 spiro atoms. The van der Waals surface area contributed by atoms with Crippen molar-refractivity contribution in [1.82, 2.24) is 0 Å². The van der Waals surface area contributed by atoms with Gasteiger partial charge < -0.3 is 15.2 Å². The third-order valence-corrected chi connectivity index (χ3v) is 3.20. The Hall–Kier alpha value is -1.87. The number of rotatable bonds is 5. The van der Waals surface area contributed by atoms with Crippen LogP contribution in [0.5, 0.6) is 11.5 Å². The third kappa shape index (κ3) is 3.17. The number of benzene rings is 2. The van der Waals surface area contributed by atoms with Gasteiger partial charge in [-0.05, 0) is 49.2 Å². The number of nitrogens with two attached hydrogens (primary N) is 1. The first-order valence-corrected chi connectivity index (χ1v) is 6.98. The van der Waals surface area contributed by atoms with E-state index in [0.29, 0.717) is 23.9 Å². The van der Waals surface area contributed by atoms with E-state index in [0.717, 1.165) is 22.6 Å². The molecule has 0 heterocycles. The van der Waals surface area contributed by atoms with Crippen LogP contribution in [0.3, 0.4) is 0 Å². The smallest absolute Gasteiger partial charge is 0.161 e. The molecule has 0 radical (unpaired) electrons. The van der Waals surface area contributed by atoms with Crippen LogP contribution in [-0.4, -0.2) is 13.2 Å². The Labute approximate surface area is 124 Å². The number of halogens is 1. The molecular weight excluding hydrogens is 274 g/mol.